The van der Waals surface area contributed by atoms with E-state index in [4.69, 9.17) is 0 Å². The van der Waals surface area contributed by atoms with Crippen molar-refractivity contribution in [2.75, 3.05) is 10.2 Å². The van der Waals surface area contributed by atoms with Gasteiger partial charge in [0.1, 0.15) is 6.04 Å². The van der Waals surface area contributed by atoms with Crippen molar-refractivity contribution >= 4 is 49.9 Å². The first-order chi connectivity index (χ1) is 17.3. The van der Waals surface area contributed by atoms with Crippen LogP contribution in [0.15, 0.2) is 71.6 Å². The fourth-order valence-electron chi connectivity index (χ4n) is 5.21. The largest absolute Gasteiger partial charge is 0.326 e. The zero-order chi connectivity index (χ0) is 25.4. The molecule has 0 bridgehead atoms. The molecule has 1 aliphatic carbocycles. The first-order valence-corrected chi connectivity index (χ1v) is 13.5. The lowest BCUT2D eigenvalue weighted by atomic mass is 10.1. The van der Waals surface area contributed by atoms with Crippen LogP contribution in [-0.2, 0) is 24.4 Å². The number of carbonyl (C=O) groups is 3. The van der Waals surface area contributed by atoms with Crippen LogP contribution >= 0.6 is 0 Å². The van der Waals surface area contributed by atoms with Gasteiger partial charge in [-0.05, 0) is 60.0 Å². The van der Waals surface area contributed by atoms with Crippen molar-refractivity contribution < 1.29 is 22.8 Å². The monoisotopic (exact) mass is 505 g/mol. The van der Waals surface area contributed by atoms with Crippen molar-refractivity contribution in [2.45, 2.75) is 56.0 Å². The molecule has 0 radical (unpaired) electrons. The average Bonchev–Trinajstić information content (AvgIpc) is 3.47. The van der Waals surface area contributed by atoms with Gasteiger partial charge in [0.2, 0.25) is 21.8 Å². The van der Waals surface area contributed by atoms with Crippen molar-refractivity contribution in [1.29, 1.82) is 0 Å². The summed E-state index contributed by atoms with van der Waals surface area (Å²) in [6, 6.07) is 17.4. The molecule has 36 heavy (non-hydrogen) atoms. The van der Waals surface area contributed by atoms with E-state index in [1.807, 2.05) is 24.3 Å². The molecule has 1 unspecified atom stereocenters. The number of amides is 3. The summed E-state index contributed by atoms with van der Waals surface area (Å²) in [6.07, 6.45) is 2.83. The summed E-state index contributed by atoms with van der Waals surface area (Å²) < 4.78 is 29.3. The predicted molar refractivity (Wildman–Crippen MR) is 137 cm³/mol. The van der Waals surface area contributed by atoms with Crippen LogP contribution in [0.25, 0.3) is 10.8 Å². The Bertz CT molecular complexity index is 1450. The zero-order valence-corrected chi connectivity index (χ0v) is 20.7. The number of sulfonamides is 1. The van der Waals surface area contributed by atoms with E-state index in [9.17, 15) is 22.8 Å². The van der Waals surface area contributed by atoms with Crippen LogP contribution < -0.4 is 10.2 Å². The van der Waals surface area contributed by atoms with Crippen molar-refractivity contribution in [3.05, 3.63) is 66.7 Å². The number of fused-ring (bicyclic) bond motifs is 1. The highest BCUT2D eigenvalue weighted by Crippen LogP contribution is 2.36. The summed E-state index contributed by atoms with van der Waals surface area (Å²) >= 11 is 0. The summed E-state index contributed by atoms with van der Waals surface area (Å²) in [6.45, 7) is 1.39. The molecule has 1 heterocycles. The maximum Gasteiger partial charge on any atom is 0.252 e. The third kappa shape index (κ3) is 4.40. The third-order valence-corrected chi connectivity index (χ3v) is 8.81. The lowest BCUT2D eigenvalue weighted by molar-refractivity contribution is -0.122. The highest BCUT2D eigenvalue weighted by atomic mass is 32.2. The molecule has 3 aromatic carbocycles. The van der Waals surface area contributed by atoms with Gasteiger partial charge in [-0.3, -0.25) is 14.4 Å². The Hall–Kier alpha value is -3.56. The van der Waals surface area contributed by atoms with Crippen molar-refractivity contribution in [2.24, 2.45) is 0 Å². The Kier molecular flexibility index (Phi) is 6.36. The Morgan fingerprint density at radius 1 is 0.944 bits per heavy atom. The molecule has 2 fully saturated rings. The minimum absolute atomic E-state index is 0.117. The summed E-state index contributed by atoms with van der Waals surface area (Å²) in [5.74, 6) is -1.24. The van der Waals surface area contributed by atoms with Gasteiger partial charge >= 0.3 is 0 Å². The molecule has 1 atom stereocenters. The van der Waals surface area contributed by atoms with Gasteiger partial charge < -0.3 is 5.32 Å². The molecule has 3 amide bonds. The lowest BCUT2D eigenvalue weighted by Crippen LogP contribution is -2.49. The van der Waals surface area contributed by atoms with Crippen LogP contribution in [-0.4, -0.2) is 42.5 Å². The second-order valence-corrected chi connectivity index (χ2v) is 11.1. The summed E-state index contributed by atoms with van der Waals surface area (Å²) in [4.78, 5) is 39.1. The zero-order valence-electron chi connectivity index (χ0n) is 19.9. The van der Waals surface area contributed by atoms with Gasteiger partial charge in [0.05, 0.1) is 17.0 Å². The first-order valence-electron chi connectivity index (χ1n) is 12.0. The van der Waals surface area contributed by atoms with E-state index in [2.05, 4.69) is 5.32 Å². The molecule has 0 aromatic heterocycles. The third-order valence-electron chi connectivity index (χ3n) is 6.86. The number of hydrogen-bond acceptors (Lipinski definition) is 5. The van der Waals surface area contributed by atoms with Crippen LogP contribution in [0.4, 0.5) is 11.4 Å². The van der Waals surface area contributed by atoms with Gasteiger partial charge in [0.15, 0.2) is 0 Å². The maximum absolute atomic E-state index is 14.0. The average molecular weight is 506 g/mol. The molecule has 1 aliphatic heterocycles. The molecule has 186 valence electrons. The predicted octanol–water partition coefficient (Wildman–Crippen LogP) is 4.06. The van der Waals surface area contributed by atoms with Crippen molar-refractivity contribution in [3.63, 3.8) is 0 Å². The minimum Gasteiger partial charge on any atom is -0.326 e. The molecule has 9 heteroatoms. The molecular weight excluding hydrogens is 478 g/mol. The smallest absolute Gasteiger partial charge is 0.252 e. The van der Waals surface area contributed by atoms with Gasteiger partial charge in [-0.2, -0.15) is 4.31 Å². The minimum atomic E-state index is -4.06. The lowest BCUT2D eigenvalue weighted by Gasteiger charge is -2.32. The molecule has 3 aromatic rings. The normalized spacial score (nSPS) is 18.9. The Morgan fingerprint density at radius 2 is 1.61 bits per heavy atom. The van der Waals surface area contributed by atoms with Gasteiger partial charge in [-0.1, -0.05) is 43.2 Å². The van der Waals surface area contributed by atoms with Gasteiger partial charge in [-0.25, -0.2) is 13.3 Å². The van der Waals surface area contributed by atoms with Crippen LogP contribution in [0.2, 0.25) is 0 Å². The number of rotatable bonds is 6. The Labute approximate surface area is 209 Å². The van der Waals surface area contributed by atoms with Gasteiger partial charge in [0, 0.05) is 18.7 Å². The fraction of sp³-hybridized carbons (Fsp3) is 0.296. The fourth-order valence-corrected chi connectivity index (χ4v) is 7.07. The summed E-state index contributed by atoms with van der Waals surface area (Å²) in [7, 11) is -4.06. The van der Waals surface area contributed by atoms with E-state index in [0.717, 1.165) is 28.5 Å². The quantitative estimate of drug-likeness (QED) is 0.509. The van der Waals surface area contributed by atoms with Crippen LogP contribution in [0.1, 0.15) is 39.0 Å². The Balaban J connectivity index is 1.50. The molecule has 5 rings (SSSR count). The number of benzene rings is 3. The number of anilines is 2. The molecule has 1 N–H and O–H groups in total. The van der Waals surface area contributed by atoms with Crippen molar-refractivity contribution in [3.8, 4) is 0 Å². The molecule has 1 saturated heterocycles. The van der Waals surface area contributed by atoms with E-state index < -0.39 is 27.9 Å². The molecule has 1 saturated carbocycles. The SMILES string of the molecule is CC(=O)Nc1ccc(N2C(=O)CC(N(C3CCCC3)S(=O)(=O)c3ccc4ccccc4c3)C2=O)cc1. The van der Waals surface area contributed by atoms with E-state index in [0.29, 0.717) is 24.2 Å². The molecule has 2 aliphatic rings. The van der Waals surface area contributed by atoms with Crippen LogP contribution in [0.5, 0.6) is 0 Å². The highest BCUT2D eigenvalue weighted by molar-refractivity contribution is 7.89. The van der Waals surface area contributed by atoms with Crippen LogP contribution in [0, 0.1) is 0 Å². The van der Waals surface area contributed by atoms with E-state index in [1.165, 1.54) is 11.2 Å². The molecular formula is C27H27N3O5S. The summed E-state index contributed by atoms with van der Waals surface area (Å²) in [5, 5.41) is 4.36. The number of nitrogens with one attached hydrogen (secondary N) is 1. The number of carbonyl (C=O) groups excluding carboxylic acids is 3. The number of hydrogen-bond donors (Lipinski definition) is 1. The van der Waals surface area contributed by atoms with E-state index in [-0.39, 0.29) is 23.3 Å². The maximum atomic E-state index is 14.0. The van der Waals surface area contributed by atoms with E-state index >= 15 is 0 Å². The van der Waals surface area contributed by atoms with Gasteiger partial charge in [-0.15, -0.1) is 0 Å². The molecule has 0 spiro atoms. The number of imide groups is 1. The first kappa shape index (κ1) is 24.1. The highest BCUT2D eigenvalue weighted by Gasteiger charge is 2.49. The van der Waals surface area contributed by atoms with E-state index in [1.54, 1.807) is 42.5 Å². The standard InChI is InChI=1S/C27H27N3O5S/c1-18(31)28-21-11-13-22(14-12-21)29-26(32)17-25(27(29)33)30(23-8-4-5-9-23)36(34,35)24-15-10-19-6-2-3-7-20(19)16-24/h2-3,6-7,10-16,23,25H,4-5,8-9,17H2,1H3,(H,28,31). The summed E-state index contributed by atoms with van der Waals surface area (Å²) in [5.41, 5.74) is 0.879. The second kappa shape index (κ2) is 9.48. The topological polar surface area (TPSA) is 104 Å². The Morgan fingerprint density at radius 3 is 2.28 bits per heavy atom. The van der Waals surface area contributed by atoms with Crippen molar-refractivity contribution in [1.82, 2.24) is 4.31 Å². The second-order valence-electron chi connectivity index (χ2n) is 9.30. The molecule has 8 nitrogen and oxygen atoms in total. The van der Waals surface area contributed by atoms with Gasteiger partial charge in [0.25, 0.3) is 5.91 Å². The van der Waals surface area contributed by atoms with Crippen LogP contribution in [0.3, 0.4) is 0 Å². The number of nitrogens with zero attached hydrogens (tertiary/aromatic N) is 2.